The third kappa shape index (κ3) is 4.69. The van der Waals surface area contributed by atoms with Crippen LogP contribution in [0.3, 0.4) is 0 Å². The first-order valence-corrected chi connectivity index (χ1v) is 10.8. The Morgan fingerprint density at radius 1 is 1.23 bits per heavy atom. The Hall–Kier alpha value is -2.59. The largest absolute Gasteiger partial charge is 0.434 e. The molecule has 6 nitrogen and oxygen atoms in total. The normalized spacial score (nSPS) is 16.9. The maximum absolute atomic E-state index is 13.6. The van der Waals surface area contributed by atoms with Gasteiger partial charge in [0.15, 0.2) is 28.1 Å². The molecular formula is C21H21F3N4O2S. The van der Waals surface area contributed by atoms with Crippen LogP contribution in [0.15, 0.2) is 30.3 Å². The molecule has 0 unspecified atom stereocenters. The first-order chi connectivity index (χ1) is 14.9. The molecule has 1 aliphatic rings. The number of rotatable bonds is 7. The number of thiazole rings is 1. The number of aromatic nitrogens is 3. The van der Waals surface area contributed by atoms with Crippen molar-refractivity contribution in [2.24, 2.45) is 0 Å². The fourth-order valence-corrected chi connectivity index (χ4v) is 4.87. The molecule has 0 N–H and O–H groups in total. The van der Waals surface area contributed by atoms with E-state index in [-0.39, 0.29) is 34.6 Å². The molecule has 3 aromatic rings. The van der Waals surface area contributed by atoms with Crippen molar-refractivity contribution in [2.45, 2.75) is 44.5 Å². The zero-order valence-electron chi connectivity index (χ0n) is 16.9. The summed E-state index contributed by atoms with van der Waals surface area (Å²) in [6, 6.07) is 9.35. The van der Waals surface area contributed by atoms with E-state index < -0.39 is 11.9 Å². The Bertz CT molecular complexity index is 1070. The van der Waals surface area contributed by atoms with Crippen molar-refractivity contribution < 1.29 is 22.7 Å². The molecule has 10 heteroatoms. The van der Waals surface area contributed by atoms with Gasteiger partial charge in [-0.15, -0.1) is 0 Å². The Balaban J connectivity index is 1.60. The minimum absolute atomic E-state index is 0.0169. The van der Waals surface area contributed by atoms with Gasteiger partial charge in [0.25, 0.3) is 0 Å². The maximum atomic E-state index is 13.6. The number of halogens is 3. The highest BCUT2D eigenvalue weighted by Gasteiger charge is 2.38. The van der Waals surface area contributed by atoms with Gasteiger partial charge in [-0.25, -0.2) is 9.97 Å². The van der Waals surface area contributed by atoms with Crippen molar-refractivity contribution >= 4 is 32.6 Å². The summed E-state index contributed by atoms with van der Waals surface area (Å²) in [4.78, 5) is 26.8. The molecule has 1 saturated heterocycles. The van der Waals surface area contributed by atoms with Gasteiger partial charge in [0, 0.05) is 20.1 Å². The van der Waals surface area contributed by atoms with Crippen LogP contribution in [0.25, 0.3) is 10.3 Å². The number of anilines is 1. The first kappa shape index (κ1) is 21.6. The molecule has 0 amide bonds. The number of benzene rings is 1. The molecule has 0 spiro atoms. The van der Waals surface area contributed by atoms with E-state index in [0.717, 1.165) is 23.3 Å². The summed E-state index contributed by atoms with van der Waals surface area (Å²) in [7, 11) is 1.36. The molecule has 0 aliphatic carbocycles. The van der Waals surface area contributed by atoms with E-state index in [2.05, 4.69) is 15.0 Å². The number of aryl methyl sites for hydroxylation is 1. The number of hydrogen-bond donors (Lipinski definition) is 0. The Labute approximate surface area is 181 Å². The SMILES string of the molecule is COCc1nc(C(F)(F)F)c2sc(N3CCC[C@@H]3C(=O)CCc3ccccc3)nc2n1. The number of Topliss-reactive ketones (excluding diaryl/α,β-unsaturated/α-hetero) is 1. The summed E-state index contributed by atoms with van der Waals surface area (Å²) < 4.78 is 45.5. The predicted octanol–water partition coefficient (Wildman–Crippen LogP) is 4.42. The van der Waals surface area contributed by atoms with Gasteiger partial charge in [0.05, 0.1) is 6.04 Å². The van der Waals surface area contributed by atoms with Crippen molar-refractivity contribution in [1.29, 1.82) is 0 Å². The molecule has 0 bridgehead atoms. The molecule has 2 aromatic heterocycles. The summed E-state index contributed by atoms with van der Waals surface area (Å²) in [6.45, 7) is 0.428. The van der Waals surface area contributed by atoms with Crippen molar-refractivity contribution in [2.75, 3.05) is 18.6 Å². The predicted molar refractivity (Wildman–Crippen MR) is 111 cm³/mol. The Kier molecular flexibility index (Phi) is 6.19. The van der Waals surface area contributed by atoms with Gasteiger partial charge in [0.1, 0.15) is 11.3 Å². The van der Waals surface area contributed by atoms with Gasteiger partial charge in [-0.05, 0) is 24.8 Å². The number of fused-ring (bicyclic) bond motifs is 1. The topological polar surface area (TPSA) is 68.2 Å². The Morgan fingerprint density at radius 3 is 2.71 bits per heavy atom. The number of methoxy groups -OCH3 is 1. The maximum Gasteiger partial charge on any atom is 0.434 e. The summed E-state index contributed by atoms with van der Waals surface area (Å²) in [5.41, 5.74) is 0.0485. The highest BCUT2D eigenvalue weighted by atomic mass is 32.1. The Morgan fingerprint density at radius 2 is 2.00 bits per heavy atom. The van der Waals surface area contributed by atoms with Crippen LogP contribution in [-0.2, 0) is 28.7 Å². The number of ether oxygens (including phenoxy) is 1. The van der Waals surface area contributed by atoms with Gasteiger partial charge in [-0.3, -0.25) is 4.79 Å². The van der Waals surface area contributed by atoms with Crippen LogP contribution in [0.2, 0.25) is 0 Å². The van der Waals surface area contributed by atoms with Crippen molar-refractivity contribution in [3.8, 4) is 0 Å². The van der Waals surface area contributed by atoms with E-state index >= 15 is 0 Å². The fourth-order valence-electron chi connectivity index (χ4n) is 3.78. The van der Waals surface area contributed by atoms with E-state index in [0.29, 0.717) is 30.9 Å². The lowest BCUT2D eigenvalue weighted by Gasteiger charge is -2.22. The number of carbonyl (C=O) groups is 1. The first-order valence-electron chi connectivity index (χ1n) is 9.93. The monoisotopic (exact) mass is 450 g/mol. The van der Waals surface area contributed by atoms with E-state index in [1.54, 1.807) is 0 Å². The molecule has 1 aliphatic heterocycles. The van der Waals surface area contributed by atoms with Crippen LogP contribution >= 0.6 is 11.3 Å². The molecule has 3 heterocycles. The number of hydrogen-bond acceptors (Lipinski definition) is 7. The third-order valence-electron chi connectivity index (χ3n) is 5.20. The van der Waals surface area contributed by atoms with E-state index in [9.17, 15) is 18.0 Å². The van der Waals surface area contributed by atoms with E-state index in [4.69, 9.17) is 4.74 Å². The molecule has 1 aromatic carbocycles. The summed E-state index contributed by atoms with van der Waals surface area (Å²) in [5.74, 6) is -0.00102. The van der Waals surface area contributed by atoms with E-state index in [1.165, 1.54) is 7.11 Å². The second kappa shape index (κ2) is 8.88. The number of alkyl halides is 3. The molecule has 1 atom stereocenters. The molecule has 4 rings (SSSR count). The fraction of sp³-hybridized carbons (Fsp3) is 0.429. The van der Waals surface area contributed by atoms with Crippen molar-refractivity contribution in [1.82, 2.24) is 15.0 Å². The summed E-state index contributed by atoms with van der Waals surface area (Å²) in [5, 5.41) is 0.375. The minimum atomic E-state index is -4.64. The quantitative estimate of drug-likeness (QED) is 0.531. The van der Waals surface area contributed by atoms with Crippen molar-refractivity contribution in [3.63, 3.8) is 0 Å². The van der Waals surface area contributed by atoms with Crippen LogP contribution in [-0.4, -0.2) is 40.4 Å². The van der Waals surface area contributed by atoms with E-state index in [1.807, 2.05) is 35.2 Å². The lowest BCUT2D eigenvalue weighted by Crippen LogP contribution is -2.36. The average molecular weight is 450 g/mol. The van der Waals surface area contributed by atoms with Gasteiger partial charge >= 0.3 is 6.18 Å². The molecule has 1 fully saturated rings. The second-order valence-corrected chi connectivity index (χ2v) is 8.35. The van der Waals surface area contributed by atoms with Crippen LogP contribution in [0.1, 0.15) is 36.3 Å². The lowest BCUT2D eigenvalue weighted by molar-refractivity contribution is -0.140. The van der Waals surface area contributed by atoms with Gasteiger partial charge in [-0.2, -0.15) is 18.2 Å². The molecule has 164 valence electrons. The smallest absolute Gasteiger partial charge is 0.377 e. The van der Waals surface area contributed by atoms with Crippen LogP contribution in [0.5, 0.6) is 0 Å². The van der Waals surface area contributed by atoms with Crippen molar-refractivity contribution in [3.05, 3.63) is 47.4 Å². The molecular weight excluding hydrogens is 429 g/mol. The third-order valence-corrected chi connectivity index (χ3v) is 6.29. The molecule has 31 heavy (non-hydrogen) atoms. The highest BCUT2D eigenvalue weighted by molar-refractivity contribution is 7.22. The lowest BCUT2D eigenvalue weighted by atomic mass is 10.0. The van der Waals surface area contributed by atoms with Crippen LogP contribution in [0, 0.1) is 0 Å². The van der Waals surface area contributed by atoms with Gasteiger partial charge < -0.3 is 9.64 Å². The number of ketones is 1. The van der Waals surface area contributed by atoms with Crippen LogP contribution < -0.4 is 4.90 Å². The second-order valence-electron chi connectivity index (χ2n) is 7.37. The number of carbonyl (C=O) groups excluding carboxylic acids is 1. The average Bonchev–Trinajstić information content (AvgIpc) is 3.38. The molecule has 0 saturated carbocycles. The number of nitrogens with zero attached hydrogens (tertiary/aromatic N) is 4. The summed E-state index contributed by atoms with van der Waals surface area (Å²) >= 11 is 0.887. The summed E-state index contributed by atoms with van der Waals surface area (Å²) in [6.07, 6.45) is -2.18. The molecule has 0 radical (unpaired) electrons. The van der Waals surface area contributed by atoms with Gasteiger partial charge in [0.2, 0.25) is 0 Å². The standard InChI is InChI=1S/C21H21F3N4O2S/c1-30-12-16-25-18(21(22,23)24)17-19(26-16)27-20(31-17)28-11-5-8-14(28)15(29)10-9-13-6-3-2-4-7-13/h2-4,6-7,14H,5,8-12H2,1H3/t14-/m1/s1. The minimum Gasteiger partial charge on any atom is -0.377 e. The highest BCUT2D eigenvalue weighted by Crippen LogP contribution is 2.39. The van der Waals surface area contributed by atoms with Gasteiger partial charge in [-0.1, -0.05) is 41.7 Å². The zero-order valence-corrected chi connectivity index (χ0v) is 17.7. The zero-order chi connectivity index (χ0) is 22.0. The van der Waals surface area contributed by atoms with Crippen LogP contribution in [0.4, 0.5) is 18.3 Å².